The van der Waals surface area contributed by atoms with Crippen LogP contribution < -0.4 is 0 Å². The number of thiophene rings is 1. The molecule has 2 aliphatic rings. The highest BCUT2D eigenvalue weighted by Crippen LogP contribution is 2.51. The minimum Gasteiger partial charge on any atom is -0.459 e. The highest BCUT2D eigenvalue weighted by Gasteiger charge is 2.54. The van der Waals surface area contributed by atoms with Gasteiger partial charge in [0.15, 0.2) is 5.76 Å². The summed E-state index contributed by atoms with van der Waals surface area (Å²) in [6.45, 7) is 2.31. The highest BCUT2D eigenvalue weighted by atomic mass is 32.1. The van der Waals surface area contributed by atoms with E-state index >= 15 is 0 Å². The first-order valence-corrected chi connectivity index (χ1v) is 8.75. The molecule has 2 aromatic rings. The van der Waals surface area contributed by atoms with E-state index in [-0.39, 0.29) is 17.2 Å². The summed E-state index contributed by atoms with van der Waals surface area (Å²) in [6, 6.07) is 7.46. The summed E-state index contributed by atoms with van der Waals surface area (Å²) >= 11 is 1.66. The first kappa shape index (κ1) is 14.5. The molecule has 1 aliphatic carbocycles. The normalized spacial score (nSPS) is 19.7. The van der Waals surface area contributed by atoms with Crippen molar-refractivity contribution >= 4 is 23.2 Å². The van der Waals surface area contributed by atoms with Crippen molar-refractivity contribution < 1.29 is 14.0 Å². The number of rotatable bonds is 3. The van der Waals surface area contributed by atoms with Crippen LogP contribution in [-0.4, -0.2) is 47.8 Å². The maximum absolute atomic E-state index is 12.9. The van der Waals surface area contributed by atoms with Gasteiger partial charge in [-0.1, -0.05) is 6.07 Å². The quantitative estimate of drug-likeness (QED) is 0.868. The predicted molar refractivity (Wildman–Crippen MR) is 86.4 cm³/mol. The van der Waals surface area contributed by atoms with E-state index in [4.69, 9.17) is 4.42 Å². The maximum atomic E-state index is 12.9. The lowest BCUT2D eigenvalue weighted by Crippen LogP contribution is -2.52. The van der Waals surface area contributed by atoms with Crippen molar-refractivity contribution in [2.45, 2.75) is 18.3 Å². The van der Waals surface area contributed by atoms with Gasteiger partial charge in [0.2, 0.25) is 5.91 Å². The second-order valence-electron chi connectivity index (χ2n) is 6.12. The zero-order valence-electron chi connectivity index (χ0n) is 12.7. The number of hydrogen-bond donors (Lipinski definition) is 0. The summed E-state index contributed by atoms with van der Waals surface area (Å²) in [4.78, 5) is 30.0. The lowest BCUT2D eigenvalue weighted by Gasteiger charge is -2.36. The average Bonchev–Trinajstić information content (AvgIpc) is 3.02. The van der Waals surface area contributed by atoms with Gasteiger partial charge in [0.25, 0.3) is 5.91 Å². The molecule has 0 bridgehead atoms. The Kier molecular flexibility index (Phi) is 3.49. The summed E-state index contributed by atoms with van der Waals surface area (Å²) in [5.74, 6) is 0.494. The summed E-state index contributed by atoms with van der Waals surface area (Å²) in [6.07, 6.45) is 3.39. The number of carbonyl (C=O) groups is 2. The maximum Gasteiger partial charge on any atom is 0.289 e. The van der Waals surface area contributed by atoms with Crippen molar-refractivity contribution in [1.29, 1.82) is 0 Å². The molecule has 1 aliphatic heterocycles. The lowest BCUT2D eigenvalue weighted by atomic mass is 10.0. The first-order valence-electron chi connectivity index (χ1n) is 7.87. The molecule has 1 saturated heterocycles. The lowest BCUT2D eigenvalue weighted by molar-refractivity contribution is -0.135. The Morgan fingerprint density at radius 1 is 1.04 bits per heavy atom. The standard InChI is InChI=1S/C17H18N2O3S/c20-15(13-3-1-11-22-13)18-7-9-19(10-8-18)16(21)17(5-6-17)14-4-2-12-23-14/h1-4,11-12H,5-10H2. The van der Waals surface area contributed by atoms with E-state index in [1.54, 1.807) is 28.4 Å². The Bertz CT molecular complexity index is 696. The van der Waals surface area contributed by atoms with Crippen molar-refractivity contribution in [3.8, 4) is 0 Å². The molecule has 2 amide bonds. The Morgan fingerprint density at radius 3 is 2.35 bits per heavy atom. The fraction of sp³-hybridized carbons (Fsp3) is 0.412. The van der Waals surface area contributed by atoms with Crippen molar-refractivity contribution in [2.24, 2.45) is 0 Å². The van der Waals surface area contributed by atoms with Gasteiger partial charge in [-0.2, -0.15) is 0 Å². The van der Waals surface area contributed by atoms with Crippen LogP contribution in [0.15, 0.2) is 40.3 Å². The van der Waals surface area contributed by atoms with Gasteiger partial charge >= 0.3 is 0 Å². The van der Waals surface area contributed by atoms with Gasteiger partial charge in [0.05, 0.1) is 11.7 Å². The Hall–Kier alpha value is -2.08. The van der Waals surface area contributed by atoms with E-state index in [9.17, 15) is 9.59 Å². The number of furan rings is 1. The molecule has 0 atom stereocenters. The third-order valence-corrected chi connectivity index (χ3v) is 5.81. The van der Waals surface area contributed by atoms with E-state index in [1.165, 1.54) is 11.1 Å². The Balaban J connectivity index is 1.40. The van der Waals surface area contributed by atoms with Crippen LogP contribution in [-0.2, 0) is 10.2 Å². The molecule has 0 aromatic carbocycles. The zero-order chi connectivity index (χ0) is 15.9. The molecule has 0 unspecified atom stereocenters. The van der Waals surface area contributed by atoms with Crippen LogP contribution in [0.1, 0.15) is 28.3 Å². The molecule has 6 heteroatoms. The summed E-state index contributed by atoms with van der Waals surface area (Å²) in [7, 11) is 0. The van der Waals surface area contributed by atoms with Crippen molar-refractivity contribution in [3.05, 3.63) is 46.5 Å². The molecule has 0 N–H and O–H groups in total. The van der Waals surface area contributed by atoms with Crippen LogP contribution in [0.25, 0.3) is 0 Å². The summed E-state index contributed by atoms with van der Waals surface area (Å²) < 4.78 is 5.17. The van der Waals surface area contributed by atoms with Crippen molar-refractivity contribution in [2.75, 3.05) is 26.2 Å². The second kappa shape index (κ2) is 5.53. The number of hydrogen-bond acceptors (Lipinski definition) is 4. The third kappa shape index (κ3) is 2.47. The molecule has 0 spiro atoms. The fourth-order valence-corrected chi connectivity index (χ4v) is 4.19. The van der Waals surface area contributed by atoms with Crippen molar-refractivity contribution in [1.82, 2.24) is 9.80 Å². The largest absolute Gasteiger partial charge is 0.459 e. The molecule has 2 aromatic heterocycles. The van der Waals surface area contributed by atoms with Crippen LogP contribution in [0, 0.1) is 0 Å². The van der Waals surface area contributed by atoms with E-state index in [1.807, 2.05) is 16.3 Å². The minimum absolute atomic E-state index is 0.0958. The highest BCUT2D eigenvalue weighted by molar-refractivity contribution is 7.10. The van der Waals surface area contributed by atoms with Gasteiger partial charge in [0.1, 0.15) is 0 Å². The average molecular weight is 330 g/mol. The minimum atomic E-state index is -0.276. The molecule has 0 radical (unpaired) electrons. The van der Waals surface area contributed by atoms with E-state index in [2.05, 4.69) is 6.07 Å². The van der Waals surface area contributed by atoms with Gasteiger partial charge < -0.3 is 14.2 Å². The number of carbonyl (C=O) groups excluding carboxylic acids is 2. The molecular formula is C17H18N2O3S. The molecule has 23 heavy (non-hydrogen) atoms. The Morgan fingerprint density at radius 2 is 1.78 bits per heavy atom. The molecular weight excluding hydrogens is 312 g/mol. The van der Waals surface area contributed by atoms with Crippen molar-refractivity contribution in [3.63, 3.8) is 0 Å². The third-order valence-electron chi connectivity index (χ3n) is 4.74. The van der Waals surface area contributed by atoms with Crippen LogP contribution in [0.5, 0.6) is 0 Å². The topological polar surface area (TPSA) is 53.8 Å². The number of amides is 2. The van der Waals surface area contributed by atoms with Gasteiger partial charge in [-0.3, -0.25) is 9.59 Å². The number of piperazine rings is 1. The van der Waals surface area contributed by atoms with E-state index in [0.29, 0.717) is 31.9 Å². The van der Waals surface area contributed by atoms with Crippen LogP contribution >= 0.6 is 11.3 Å². The molecule has 5 nitrogen and oxygen atoms in total. The van der Waals surface area contributed by atoms with E-state index < -0.39 is 0 Å². The van der Waals surface area contributed by atoms with E-state index in [0.717, 1.165) is 12.8 Å². The summed E-state index contributed by atoms with van der Waals surface area (Å²) in [5.41, 5.74) is -0.276. The smallest absolute Gasteiger partial charge is 0.289 e. The Labute approximate surface area is 138 Å². The van der Waals surface area contributed by atoms with Gasteiger partial charge in [-0.25, -0.2) is 0 Å². The van der Waals surface area contributed by atoms with Crippen LogP contribution in [0.3, 0.4) is 0 Å². The first-order chi connectivity index (χ1) is 11.2. The monoisotopic (exact) mass is 330 g/mol. The zero-order valence-corrected chi connectivity index (χ0v) is 13.6. The van der Waals surface area contributed by atoms with Gasteiger partial charge in [-0.15, -0.1) is 11.3 Å². The van der Waals surface area contributed by atoms with Crippen LogP contribution in [0.4, 0.5) is 0 Å². The molecule has 1 saturated carbocycles. The summed E-state index contributed by atoms with van der Waals surface area (Å²) in [5, 5.41) is 2.03. The number of nitrogens with zero attached hydrogens (tertiary/aromatic N) is 2. The molecule has 3 heterocycles. The predicted octanol–water partition coefficient (Wildman–Crippen LogP) is 2.36. The fourth-order valence-electron chi connectivity index (χ4n) is 3.21. The SMILES string of the molecule is O=C(c1ccco1)N1CCN(C(=O)C2(c3cccs3)CC2)CC1. The second-order valence-corrected chi connectivity index (χ2v) is 7.07. The molecule has 2 fully saturated rings. The van der Waals surface area contributed by atoms with Crippen LogP contribution in [0.2, 0.25) is 0 Å². The molecule has 4 rings (SSSR count). The van der Waals surface area contributed by atoms with Gasteiger partial charge in [-0.05, 0) is 36.4 Å². The molecule has 120 valence electrons. The van der Waals surface area contributed by atoms with Gasteiger partial charge in [0, 0.05) is 31.1 Å².